The number of benzene rings is 2. The minimum atomic E-state index is -0.662. The zero-order chi connectivity index (χ0) is 23.5. The zero-order valence-electron chi connectivity index (χ0n) is 18.1. The second kappa shape index (κ2) is 9.58. The first-order valence-electron chi connectivity index (χ1n) is 10.7. The van der Waals surface area contributed by atoms with Crippen LogP contribution in [0.25, 0.3) is 11.1 Å². The summed E-state index contributed by atoms with van der Waals surface area (Å²) in [5.74, 6) is -0.901. The third-order valence-corrected chi connectivity index (χ3v) is 6.11. The van der Waals surface area contributed by atoms with Crippen LogP contribution in [0.5, 0.6) is 0 Å². The van der Waals surface area contributed by atoms with Crippen molar-refractivity contribution in [3.05, 3.63) is 82.3 Å². The van der Waals surface area contributed by atoms with Crippen molar-refractivity contribution < 1.29 is 14.0 Å². The van der Waals surface area contributed by atoms with Crippen LogP contribution in [0.15, 0.2) is 54.7 Å². The van der Waals surface area contributed by atoms with E-state index < -0.39 is 11.7 Å². The molecule has 1 fully saturated rings. The van der Waals surface area contributed by atoms with Crippen LogP contribution >= 0.6 is 11.6 Å². The second-order valence-electron chi connectivity index (χ2n) is 8.19. The van der Waals surface area contributed by atoms with Crippen LogP contribution in [0.3, 0.4) is 0 Å². The molecular formula is C25H24ClFN4O2. The maximum atomic E-state index is 14.9. The van der Waals surface area contributed by atoms with Gasteiger partial charge in [-0.25, -0.2) is 9.37 Å². The van der Waals surface area contributed by atoms with Gasteiger partial charge in [0.1, 0.15) is 11.6 Å². The van der Waals surface area contributed by atoms with Crippen molar-refractivity contribution in [1.82, 2.24) is 15.6 Å². The van der Waals surface area contributed by atoms with Crippen LogP contribution in [-0.2, 0) is 4.79 Å². The molecule has 2 aromatic carbocycles. The Morgan fingerprint density at radius 2 is 2.09 bits per heavy atom. The van der Waals surface area contributed by atoms with E-state index in [0.717, 1.165) is 17.5 Å². The normalized spacial score (nSPS) is 16.7. The van der Waals surface area contributed by atoms with Gasteiger partial charge in [-0.3, -0.25) is 9.59 Å². The highest BCUT2D eigenvalue weighted by atomic mass is 35.5. The van der Waals surface area contributed by atoms with Crippen LogP contribution in [0.2, 0.25) is 5.02 Å². The van der Waals surface area contributed by atoms with Gasteiger partial charge >= 0.3 is 0 Å². The summed E-state index contributed by atoms with van der Waals surface area (Å²) in [7, 11) is 0. The van der Waals surface area contributed by atoms with Crippen LogP contribution in [0, 0.1) is 5.82 Å². The summed E-state index contributed by atoms with van der Waals surface area (Å²) >= 11 is 6.02. The van der Waals surface area contributed by atoms with Crippen molar-refractivity contribution >= 4 is 29.2 Å². The fraction of sp³-hybridized carbons (Fsp3) is 0.240. The fourth-order valence-corrected chi connectivity index (χ4v) is 4.21. The molecule has 0 spiro atoms. The van der Waals surface area contributed by atoms with Gasteiger partial charge in [0, 0.05) is 29.7 Å². The lowest BCUT2D eigenvalue weighted by molar-refractivity contribution is -0.122. The quantitative estimate of drug-likeness (QED) is 0.511. The van der Waals surface area contributed by atoms with E-state index in [1.807, 2.05) is 12.1 Å². The number of nitrogen functional groups attached to an aromatic ring is 1. The lowest BCUT2D eigenvalue weighted by Crippen LogP contribution is -2.32. The summed E-state index contributed by atoms with van der Waals surface area (Å²) < 4.78 is 14.9. The van der Waals surface area contributed by atoms with Crippen LogP contribution in [0.4, 0.5) is 10.2 Å². The topological polar surface area (TPSA) is 97.1 Å². The standard InChI is InChI=1S/C25H24ClFN4O2/c1-14(15-3-2-4-19(26)9-15)31-25(33)20-6-5-17(11-22(20)27)21-10-18(13-30-24(21)28)16-7-8-29-23(32)12-16/h2-6,9-11,13-14,16H,7-8,12H2,1H3,(H2,28,30)(H,29,32)(H,31,33). The molecule has 1 saturated heterocycles. The van der Waals surface area contributed by atoms with Gasteiger partial charge in [0.25, 0.3) is 5.91 Å². The highest BCUT2D eigenvalue weighted by molar-refractivity contribution is 6.30. The Morgan fingerprint density at radius 3 is 2.82 bits per heavy atom. The van der Waals surface area contributed by atoms with Crippen molar-refractivity contribution in [1.29, 1.82) is 0 Å². The molecule has 2 heterocycles. The Hall–Kier alpha value is -3.45. The van der Waals surface area contributed by atoms with Gasteiger partial charge in [0.15, 0.2) is 0 Å². The highest BCUT2D eigenvalue weighted by Crippen LogP contribution is 2.32. The summed E-state index contributed by atoms with van der Waals surface area (Å²) in [6.45, 7) is 2.41. The summed E-state index contributed by atoms with van der Waals surface area (Å²) in [5, 5.41) is 6.17. The Morgan fingerprint density at radius 1 is 1.27 bits per heavy atom. The molecule has 0 aliphatic carbocycles. The van der Waals surface area contributed by atoms with Crippen molar-refractivity contribution in [2.24, 2.45) is 0 Å². The number of carbonyl (C=O) groups excluding carboxylic acids is 2. The molecule has 1 aromatic heterocycles. The maximum Gasteiger partial charge on any atom is 0.254 e. The Kier molecular flexibility index (Phi) is 6.60. The molecule has 170 valence electrons. The number of hydrogen-bond acceptors (Lipinski definition) is 4. The fourth-order valence-electron chi connectivity index (χ4n) is 4.01. The molecule has 4 N–H and O–H groups in total. The van der Waals surface area contributed by atoms with Gasteiger partial charge < -0.3 is 16.4 Å². The van der Waals surface area contributed by atoms with Crippen LogP contribution in [0.1, 0.15) is 53.2 Å². The van der Waals surface area contributed by atoms with E-state index in [9.17, 15) is 14.0 Å². The number of hydrogen-bond donors (Lipinski definition) is 3. The van der Waals surface area contributed by atoms with E-state index in [1.165, 1.54) is 12.1 Å². The first-order valence-corrected chi connectivity index (χ1v) is 11.1. The average Bonchev–Trinajstić information content (AvgIpc) is 2.79. The molecule has 0 saturated carbocycles. The number of pyridine rings is 1. The molecule has 0 bridgehead atoms. The Bertz CT molecular complexity index is 1220. The Labute approximate surface area is 196 Å². The monoisotopic (exact) mass is 466 g/mol. The molecule has 2 atom stereocenters. The molecule has 2 amide bonds. The molecule has 8 heteroatoms. The lowest BCUT2D eigenvalue weighted by Gasteiger charge is -2.23. The van der Waals surface area contributed by atoms with Gasteiger partial charge in [-0.05, 0) is 66.3 Å². The predicted molar refractivity (Wildman–Crippen MR) is 126 cm³/mol. The molecule has 33 heavy (non-hydrogen) atoms. The van der Waals surface area contributed by atoms with Gasteiger partial charge in [0.05, 0.1) is 11.6 Å². The van der Waals surface area contributed by atoms with Crippen molar-refractivity contribution in [3.8, 4) is 11.1 Å². The number of halogens is 2. The summed E-state index contributed by atoms with van der Waals surface area (Å²) in [6.07, 6.45) is 2.84. The van der Waals surface area contributed by atoms with Gasteiger partial charge in [-0.2, -0.15) is 0 Å². The molecule has 1 aliphatic rings. The first-order chi connectivity index (χ1) is 15.8. The molecule has 2 unspecified atom stereocenters. The largest absolute Gasteiger partial charge is 0.383 e. The molecule has 3 aromatic rings. The first kappa shape index (κ1) is 22.7. The molecule has 4 rings (SSSR count). The zero-order valence-corrected chi connectivity index (χ0v) is 18.8. The number of carbonyl (C=O) groups is 2. The second-order valence-corrected chi connectivity index (χ2v) is 8.62. The predicted octanol–water partition coefficient (Wildman–Crippen LogP) is 4.61. The van der Waals surface area contributed by atoms with Crippen molar-refractivity contribution in [3.63, 3.8) is 0 Å². The highest BCUT2D eigenvalue weighted by Gasteiger charge is 2.22. The number of nitrogens with zero attached hydrogens (tertiary/aromatic N) is 1. The smallest absolute Gasteiger partial charge is 0.254 e. The minimum Gasteiger partial charge on any atom is -0.383 e. The average molecular weight is 467 g/mol. The number of nitrogens with one attached hydrogen (secondary N) is 2. The maximum absolute atomic E-state index is 14.9. The summed E-state index contributed by atoms with van der Waals surface area (Å²) in [4.78, 5) is 28.7. The molecule has 6 nitrogen and oxygen atoms in total. The number of aromatic nitrogens is 1. The molecule has 0 radical (unpaired) electrons. The SMILES string of the molecule is CC(NC(=O)c1ccc(-c2cc(C3CCNC(=O)C3)cnc2N)cc1F)c1cccc(Cl)c1. The van der Waals surface area contributed by atoms with E-state index in [2.05, 4.69) is 15.6 Å². The van der Waals surface area contributed by atoms with Crippen LogP contribution < -0.4 is 16.4 Å². The van der Waals surface area contributed by atoms with Crippen molar-refractivity contribution in [2.75, 3.05) is 12.3 Å². The molecule has 1 aliphatic heterocycles. The number of amides is 2. The number of nitrogens with two attached hydrogens (primary N) is 1. The lowest BCUT2D eigenvalue weighted by atomic mass is 9.89. The third kappa shape index (κ3) is 5.14. The van der Waals surface area contributed by atoms with Crippen LogP contribution in [-0.4, -0.2) is 23.3 Å². The van der Waals surface area contributed by atoms with Gasteiger partial charge in [-0.1, -0.05) is 29.8 Å². The van der Waals surface area contributed by atoms with E-state index >= 15 is 0 Å². The van der Waals surface area contributed by atoms with Gasteiger partial charge in [0.2, 0.25) is 5.91 Å². The minimum absolute atomic E-state index is 0.00182. The van der Waals surface area contributed by atoms with E-state index in [4.69, 9.17) is 17.3 Å². The molecular weight excluding hydrogens is 443 g/mol. The number of rotatable bonds is 5. The number of anilines is 1. The van der Waals surface area contributed by atoms with E-state index in [-0.39, 0.29) is 29.2 Å². The summed E-state index contributed by atoms with van der Waals surface area (Å²) in [6, 6.07) is 13.0. The van der Waals surface area contributed by atoms with E-state index in [0.29, 0.717) is 29.1 Å². The third-order valence-electron chi connectivity index (χ3n) is 5.88. The van der Waals surface area contributed by atoms with Gasteiger partial charge in [-0.15, -0.1) is 0 Å². The Balaban J connectivity index is 1.55. The van der Waals surface area contributed by atoms with Crippen molar-refractivity contribution in [2.45, 2.75) is 31.7 Å². The summed E-state index contributed by atoms with van der Waals surface area (Å²) in [5.41, 5.74) is 8.78. The number of piperidine rings is 1. The van der Waals surface area contributed by atoms with E-state index in [1.54, 1.807) is 37.4 Å².